The van der Waals surface area contributed by atoms with Gasteiger partial charge in [0.05, 0.1) is 13.2 Å². The average molecular weight is 415 g/mol. The topological polar surface area (TPSA) is 115 Å². The number of anilines is 1. The van der Waals surface area contributed by atoms with E-state index in [2.05, 4.69) is 16.2 Å². The zero-order valence-corrected chi connectivity index (χ0v) is 17.1. The number of rotatable bonds is 8. The van der Waals surface area contributed by atoms with Crippen LogP contribution in [0.5, 0.6) is 11.5 Å². The van der Waals surface area contributed by atoms with Crippen LogP contribution in [0.3, 0.4) is 0 Å². The van der Waals surface area contributed by atoms with Gasteiger partial charge in [-0.25, -0.2) is 4.79 Å². The molecule has 0 aliphatic rings. The maximum Gasteiger partial charge on any atom is 0.411 e. The van der Waals surface area contributed by atoms with Gasteiger partial charge in [-0.2, -0.15) is 0 Å². The number of hydrogen-bond acceptors (Lipinski definition) is 6. The molecule has 0 aliphatic carbocycles. The van der Waals surface area contributed by atoms with Crippen LogP contribution in [0.1, 0.15) is 31.1 Å². The van der Waals surface area contributed by atoms with Crippen LogP contribution in [0.4, 0.5) is 10.5 Å². The second-order valence-electron chi connectivity index (χ2n) is 6.03. The van der Waals surface area contributed by atoms with E-state index in [4.69, 9.17) is 14.2 Å². The van der Waals surface area contributed by atoms with Gasteiger partial charge in [0.15, 0.2) is 6.10 Å². The van der Waals surface area contributed by atoms with E-state index >= 15 is 0 Å². The monoisotopic (exact) mass is 415 g/mol. The maximum absolute atomic E-state index is 12.3. The van der Waals surface area contributed by atoms with E-state index in [0.29, 0.717) is 23.8 Å². The van der Waals surface area contributed by atoms with Crippen molar-refractivity contribution in [1.82, 2.24) is 10.9 Å². The van der Waals surface area contributed by atoms with E-state index in [9.17, 15) is 14.4 Å². The normalized spacial score (nSPS) is 11.0. The van der Waals surface area contributed by atoms with Crippen molar-refractivity contribution in [3.05, 3.63) is 54.1 Å². The molecule has 0 aliphatic heterocycles. The summed E-state index contributed by atoms with van der Waals surface area (Å²) < 4.78 is 15.7. The molecule has 0 unspecified atom stereocenters. The summed E-state index contributed by atoms with van der Waals surface area (Å²) in [4.78, 5) is 35.9. The van der Waals surface area contributed by atoms with Crippen LogP contribution in [-0.2, 0) is 9.53 Å². The fourth-order valence-corrected chi connectivity index (χ4v) is 2.35. The SMILES string of the molecule is CCOC(=O)Nc1cccc(C(=O)NNC(=O)[C@@H](C)Oc2ccc(OCC)cc2)c1. The summed E-state index contributed by atoms with van der Waals surface area (Å²) >= 11 is 0. The predicted molar refractivity (Wildman–Crippen MR) is 110 cm³/mol. The van der Waals surface area contributed by atoms with Crippen LogP contribution in [0.2, 0.25) is 0 Å². The van der Waals surface area contributed by atoms with Crippen LogP contribution in [0.25, 0.3) is 0 Å². The first-order valence-corrected chi connectivity index (χ1v) is 9.46. The molecular weight excluding hydrogens is 390 g/mol. The molecule has 0 saturated carbocycles. The van der Waals surface area contributed by atoms with Crippen molar-refractivity contribution in [2.75, 3.05) is 18.5 Å². The summed E-state index contributed by atoms with van der Waals surface area (Å²) in [6.45, 7) is 5.92. The van der Waals surface area contributed by atoms with Gasteiger partial charge in [0, 0.05) is 11.3 Å². The molecule has 0 fully saturated rings. The Hall–Kier alpha value is -3.75. The minimum Gasteiger partial charge on any atom is -0.494 e. The van der Waals surface area contributed by atoms with Crippen LogP contribution in [-0.4, -0.2) is 37.2 Å². The Morgan fingerprint density at radius 1 is 0.933 bits per heavy atom. The van der Waals surface area contributed by atoms with Crippen LogP contribution in [0, 0.1) is 0 Å². The van der Waals surface area contributed by atoms with Crippen molar-refractivity contribution in [3.8, 4) is 11.5 Å². The number of amides is 3. The Morgan fingerprint density at radius 3 is 2.30 bits per heavy atom. The summed E-state index contributed by atoms with van der Waals surface area (Å²) in [7, 11) is 0. The second kappa shape index (κ2) is 11.3. The van der Waals surface area contributed by atoms with Gasteiger partial charge in [-0.3, -0.25) is 25.8 Å². The van der Waals surface area contributed by atoms with E-state index in [1.807, 2.05) is 6.92 Å². The van der Waals surface area contributed by atoms with Gasteiger partial charge in [-0.15, -0.1) is 0 Å². The van der Waals surface area contributed by atoms with Crippen LogP contribution >= 0.6 is 0 Å². The molecule has 0 aromatic heterocycles. The Balaban J connectivity index is 1.86. The lowest BCUT2D eigenvalue weighted by molar-refractivity contribution is -0.128. The lowest BCUT2D eigenvalue weighted by Crippen LogP contribution is -2.47. The molecule has 3 amide bonds. The van der Waals surface area contributed by atoms with Crippen molar-refractivity contribution >= 4 is 23.6 Å². The average Bonchev–Trinajstić information content (AvgIpc) is 2.73. The minimum absolute atomic E-state index is 0.231. The highest BCUT2D eigenvalue weighted by atomic mass is 16.5. The highest BCUT2D eigenvalue weighted by Gasteiger charge is 2.16. The van der Waals surface area contributed by atoms with Gasteiger partial charge in [0.2, 0.25) is 0 Å². The third-order valence-corrected chi connectivity index (χ3v) is 3.76. The minimum atomic E-state index is -0.847. The van der Waals surface area contributed by atoms with Crippen molar-refractivity contribution in [3.63, 3.8) is 0 Å². The molecule has 3 N–H and O–H groups in total. The molecule has 0 bridgehead atoms. The highest BCUT2D eigenvalue weighted by Crippen LogP contribution is 2.18. The number of hydrogen-bond donors (Lipinski definition) is 3. The first kappa shape index (κ1) is 22.5. The third kappa shape index (κ3) is 7.01. The number of carbonyl (C=O) groups is 3. The first-order chi connectivity index (χ1) is 14.4. The van der Waals surface area contributed by atoms with Gasteiger partial charge in [-0.1, -0.05) is 6.07 Å². The second-order valence-corrected chi connectivity index (χ2v) is 6.03. The van der Waals surface area contributed by atoms with Gasteiger partial charge in [0.1, 0.15) is 11.5 Å². The number of carbonyl (C=O) groups excluding carboxylic acids is 3. The first-order valence-electron chi connectivity index (χ1n) is 9.46. The zero-order valence-electron chi connectivity index (χ0n) is 17.1. The summed E-state index contributed by atoms with van der Waals surface area (Å²) in [5.74, 6) is 0.112. The Kier molecular flexibility index (Phi) is 8.49. The smallest absolute Gasteiger partial charge is 0.411 e. The predicted octanol–water partition coefficient (Wildman–Crippen LogP) is 2.88. The van der Waals surface area contributed by atoms with Crippen molar-refractivity contribution in [1.29, 1.82) is 0 Å². The van der Waals surface area contributed by atoms with E-state index in [1.165, 1.54) is 12.1 Å². The van der Waals surface area contributed by atoms with Gasteiger partial charge in [-0.05, 0) is 63.2 Å². The molecule has 30 heavy (non-hydrogen) atoms. The largest absolute Gasteiger partial charge is 0.494 e. The van der Waals surface area contributed by atoms with Crippen molar-refractivity contribution < 1.29 is 28.6 Å². The van der Waals surface area contributed by atoms with Crippen molar-refractivity contribution in [2.24, 2.45) is 0 Å². The maximum atomic E-state index is 12.3. The summed E-state index contributed by atoms with van der Waals surface area (Å²) in [6.07, 6.45) is -1.47. The number of ether oxygens (including phenoxy) is 3. The molecule has 0 spiro atoms. The molecule has 2 rings (SSSR count). The fraction of sp³-hybridized carbons (Fsp3) is 0.286. The van der Waals surface area contributed by atoms with Crippen LogP contribution in [0.15, 0.2) is 48.5 Å². The number of hydrazine groups is 1. The van der Waals surface area contributed by atoms with Gasteiger partial charge >= 0.3 is 6.09 Å². The molecule has 2 aromatic carbocycles. The third-order valence-electron chi connectivity index (χ3n) is 3.76. The molecule has 0 heterocycles. The number of benzene rings is 2. The molecule has 160 valence electrons. The van der Waals surface area contributed by atoms with Crippen LogP contribution < -0.4 is 25.6 Å². The van der Waals surface area contributed by atoms with Gasteiger partial charge in [0.25, 0.3) is 11.8 Å². The molecule has 2 aromatic rings. The summed E-state index contributed by atoms with van der Waals surface area (Å²) in [5, 5.41) is 2.50. The number of nitrogens with one attached hydrogen (secondary N) is 3. The Bertz CT molecular complexity index is 869. The van der Waals surface area contributed by atoms with Gasteiger partial charge < -0.3 is 14.2 Å². The molecule has 0 radical (unpaired) electrons. The zero-order chi connectivity index (χ0) is 21.9. The standard InChI is InChI=1S/C21H25N3O6/c1-4-28-17-9-11-18(12-10-17)30-14(3)19(25)23-24-20(26)15-7-6-8-16(13-15)22-21(27)29-5-2/h6-14H,4-5H2,1-3H3,(H,22,27)(H,23,25)(H,24,26)/t14-/m1/s1. The molecule has 9 heteroatoms. The molecular formula is C21H25N3O6. The van der Waals surface area contributed by atoms with E-state index in [0.717, 1.165) is 0 Å². The van der Waals surface area contributed by atoms with Crippen molar-refractivity contribution in [2.45, 2.75) is 26.9 Å². The molecule has 1 atom stereocenters. The summed E-state index contributed by atoms with van der Waals surface area (Å²) in [6, 6.07) is 13.1. The van der Waals surface area contributed by atoms with E-state index in [-0.39, 0.29) is 12.2 Å². The Labute approximate surface area is 174 Å². The quantitative estimate of drug-likeness (QED) is 0.571. The lowest BCUT2D eigenvalue weighted by Gasteiger charge is -2.15. The lowest BCUT2D eigenvalue weighted by atomic mass is 10.2. The Morgan fingerprint density at radius 2 is 1.63 bits per heavy atom. The highest BCUT2D eigenvalue weighted by molar-refractivity contribution is 5.97. The van der Waals surface area contributed by atoms with E-state index in [1.54, 1.807) is 50.2 Å². The molecule has 9 nitrogen and oxygen atoms in total. The molecule has 0 saturated heterocycles. The van der Waals surface area contributed by atoms with E-state index < -0.39 is 24.0 Å². The summed E-state index contributed by atoms with van der Waals surface area (Å²) in [5.41, 5.74) is 5.26. The fourth-order valence-electron chi connectivity index (χ4n) is 2.35.